The highest BCUT2D eigenvalue weighted by atomic mass is 16.5. The van der Waals surface area contributed by atoms with Gasteiger partial charge in [-0.15, -0.1) is 5.10 Å². The second-order valence-corrected chi connectivity index (χ2v) is 4.41. The maximum Gasteiger partial charge on any atom is 0.339 e. The molecule has 1 saturated carbocycles. The van der Waals surface area contributed by atoms with Gasteiger partial charge in [0.1, 0.15) is 11.3 Å². The Kier molecular flexibility index (Phi) is 2.66. The minimum absolute atomic E-state index is 0.118. The van der Waals surface area contributed by atoms with E-state index in [0.29, 0.717) is 17.4 Å². The third-order valence-electron chi connectivity index (χ3n) is 3.10. The van der Waals surface area contributed by atoms with Crippen molar-refractivity contribution < 1.29 is 14.6 Å². The third kappa shape index (κ3) is 2.03. The molecule has 1 aromatic heterocycles. The van der Waals surface area contributed by atoms with Gasteiger partial charge in [-0.25, -0.2) is 4.79 Å². The molecule has 1 aliphatic carbocycles. The van der Waals surface area contributed by atoms with Crippen LogP contribution in [0.1, 0.15) is 34.9 Å². The topological polar surface area (TPSA) is 90.1 Å². The first-order valence-corrected chi connectivity index (χ1v) is 5.90. The zero-order chi connectivity index (χ0) is 13.4. The molecule has 0 radical (unpaired) electrons. The van der Waals surface area contributed by atoms with Gasteiger partial charge >= 0.3 is 5.97 Å². The van der Waals surface area contributed by atoms with Crippen molar-refractivity contribution in [1.29, 1.82) is 0 Å². The van der Waals surface area contributed by atoms with E-state index < -0.39 is 5.97 Å². The summed E-state index contributed by atoms with van der Waals surface area (Å²) in [7, 11) is 1.44. The maximum absolute atomic E-state index is 11.0. The molecular weight excluding hydrogens is 248 g/mol. The fourth-order valence-electron chi connectivity index (χ4n) is 1.96. The Balaban J connectivity index is 2.05. The Labute approximate surface area is 108 Å². The Morgan fingerprint density at radius 1 is 1.47 bits per heavy atom. The molecule has 1 N–H and O–H groups in total. The van der Waals surface area contributed by atoms with Crippen LogP contribution in [0, 0.1) is 0 Å². The molecule has 1 aliphatic rings. The largest absolute Gasteiger partial charge is 0.496 e. The van der Waals surface area contributed by atoms with Crippen LogP contribution in [-0.4, -0.2) is 38.4 Å². The second-order valence-electron chi connectivity index (χ2n) is 4.41. The highest BCUT2D eigenvalue weighted by Gasteiger charge is 2.30. The SMILES string of the molecule is COc1cc(-n2nnnc2C2CC2)ccc1C(=O)O. The van der Waals surface area contributed by atoms with E-state index >= 15 is 0 Å². The number of aromatic nitrogens is 4. The molecule has 7 heteroatoms. The number of ether oxygens (including phenoxy) is 1. The van der Waals surface area contributed by atoms with Crippen LogP contribution in [0.5, 0.6) is 5.75 Å². The first kappa shape index (κ1) is 11.6. The molecule has 19 heavy (non-hydrogen) atoms. The lowest BCUT2D eigenvalue weighted by Crippen LogP contribution is -2.05. The van der Waals surface area contributed by atoms with Crippen LogP contribution < -0.4 is 4.74 Å². The molecule has 98 valence electrons. The molecule has 3 rings (SSSR count). The molecule has 0 amide bonds. The number of nitrogens with zero attached hydrogens (tertiary/aromatic N) is 4. The molecule has 1 fully saturated rings. The first-order chi connectivity index (χ1) is 9.20. The van der Waals surface area contributed by atoms with Crippen molar-refractivity contribution in [3.63, 3.8) is 0 Å². The van der Waals surface area contributed by atoms with E-state index in [0.717, 1.165) is 18.7 Å². The summed E-state index contributed by atoms with van der Waals surface area (Å²) in [5.74, 6) is 0.482. The average Bonchev–Trinajstić information content (AvgIpc) is 3.15. The van der Waals surface area contributed by atoms with Crippen LogP contribution in [0.4, 0.5) is 0 Å². The number of aromatic carboxylic acids is 1. The van der Waals surface area contributed by atoms with Gasteiger partial charge in [0.2, 0.25) is 0 Å². The zero-order valence-electron chi connectivity index (χ0n) is 10.3. The van der Waals surface area contributed by atoms with E-state index in [1.54, 1.807) is 16.8 Å². The summed E-state index contributed by atoms with van der Waals surface area (Å²) >= 11 is 0. The van der Waals surface area contributed by atoms with E-state index in [2.05, 4.69) is 15.5 Å². The van der Waals surface area contributed by atoms with Gasteiger partial charge < -0.3 is 9.84 Å². The highest BCUT2D eigenvalue weighted by Crippen LogP contribution is 2.39. The van der Waals surface area contributed by atoms with Crippen molar-refractivity contribution in [1.82, 2.24) is 20.2 Å². The van der Waals surface area contributed by atoms with Gasteiger partial charge in [-0.3, -0.25) is 0 Å². The normalized spacial score (nSPS) is 14.4. The van der Waals surface area contributed by atoms with Gasteiger partial charge in [-0.1, -0.05) is 0 Å². The highest BCUT2D eigenvalue weighted by molar-refractivity contribution is 5.91. The van der Waals surface area contributed by atoms with Gasteiger partial charge in [0.25, 0.3) is 0 Å². The van der Waals surface area contributed by atoms with Gasteiger partial charge in [-0.2, -0.15) is 4.68 Å². The molecule has 0 aliphatic heterocycles. The van der Waals surface area contributed by atoms with Crippen molar-refractivity contribution in [3.8, 4) is 11.4 Å². The van der Waals surface area contributed by atoms with Crippen molar-refractivity contribution in [3.05, 3.63) is 29.6 Å². The number of carbonyl (C=O) groups is 1. The number of hydrogen-bond acceptors (Lipinski definition) is 5. The van der Waals surface area contributed by atoms with Crippen molar-refractivity contribution in [2.24, 2.45) is 0 Å². The minimum Gasteiger partial charge on any atom is -0.496 e. The first-order valence-electron chi connectivity index (χ1n) is 5.90. The Morgan fingerprint density at radius 2 is 2.26 bits per heavy atom. The number of rotatable bonds is 4. The van der Waals surface area contributed by atoms with Gasteiger partial charge in [0, 0.05) is 12.0 Å². The summed E-state index contributed by atoms with van der Waals surface area (Å²) < 4.78 is 6.73. The fraction of sp³-hybridized carbons (Fsp3) is 0.333. The standard InChI is InChI=1S/C12H12N4O3/c1-19-10-6-8(4-5-9(10)12(17)18)16-11(7-2-3-7)13-14-15-16/h4-7H,2-3H2,1H3,(H,17,18). The zero-order valence-corrected chi connectivity index (χ0v) is 10.3. The fourth-order valence-corrected chi connectivity index (χ4v) is 1.96. The lowest BCUT2D eigenvalue weighted by Gasteiger charge is -2.08. The number of carboxylic acids is 1. The van der Waals surface area contributed by atoms with Crippen molar-refractivity contribution >= 4 is 5.97 Å². The van der Waals surface area contributed by atoms with Crippen LogP contribution in [0.25, 0.3) is 5.69 Å². The monoisotopic (exact) mass is 260 g/mol. The van der Waals surface area contributed by atoms with Crippen LogP contribution in [0.2, 0.25) is 0 Å². The van der Waals surface area contributed by atoms with Gasteiger partial charge in [0.15, 0.2) is 5.82 Å². The third-order valence-corrected chi connectivity index (χ3v) is 3.10. The molecule has 7 nitrogen and oxygen atoms in total. The number of carboxylic acid groups (broad SMARTS) is 1. The molecule has 1 heterocycles. The van der Waals surface area contributed by atoms with E-state index in [4.69, 9.17) is 9.84 Å². The summed E-state index contributed by atoms with van der Waals surface area (Å²) in [5.41, 5.74) is 0.820. The molecule has 0 atom stereocenters. The lowest BCUT2D eigenvalue weighted by molar-refractivity contribution is 0.0693. The van der Waals surface area contributed by atoms with Gasteiger partial charge in [-0.05, 0) is 35.4 Å². The van der Waals surface area contributed by atoms with Crippen molar-refractivity contribution in [2.75, 3.05) is 7.11 Å². The van der Waals surface area contributed by atoms with Crippen molar-refractivity contribution in [2.45, 2.75) is 18.8 Å². The van der Waals surface area contributed by atoms with Crippen LogP contribution in [0.15, 0.2) is 18.2 Å². The van der Waals surface area contributed by atoms with Crippen LogP contribution in [-0.2, 0) is 0 Å². The molecule has 0 saturated heterocycles. The van der Waals surface area contributed by atoms with E-state index in [9.17, 15) is 4.79 Å². The second kappa shape index (κ2) is 4.34. The molecular formula is C12H12N4O3. The number of hydrogen-bond donors (Lipinski definition) is 1. The summed E-state index contributed by atoms with van der Waals surface area (Å²) in [4.78, 5) is 11.0. The number of tetrazole rings is 1. The quantitative estimate of drug-likeness (QED) is 0.889. The Morgan fingerprint density at radius 3 is 2.89 bits per heavy atom. The van der Waals surface area contributed by atoms with Gasteiger partial charge in [0.05, 0.1) is 12.8 Å². The molecule has 1 aromatic carbocycles. The van der Waals surface area contributed by atoms with E-state index in [1.165, 1.54) is 13.2 Å². The van der Waals surface area contributed by atoms with E-state index in [-0.39, 0.29) is 5.56 Å². The molecule has 2 aromatic rings. The van der Waals surface area contributed by atoms with Crippen LogP contribution >= 0.6 is 0 Å². The number of methoxy groups -OCH3 is 1. The van der Waals surface area contributed by atoms with E-state index in [1.807, 2.05) is 0 Å². The maximum atomic E-state index is 11.0. The summed E-state index contributed by atoms with van der Waals surface area (Å²) in [6.45, 7) is 0. The predicted octanol–water partition coefficient (Wildman–Crippen LogP) is 1.25. The summed E-state index contributed by atoms with van der Waals surface area (Å²) in [6.07, 6.45) is 2.18. The predicted molar refractivity (Wildman–Crippen MR) is 64.6 cm³/mol. The Bertz CT molecular complexity index is 634. The smallest absolute Gasteiger partial charge is 0.339 e. The summed E-state index contributed by atoms with van der Waals surface area (Å²) in [5, 5.41) is 20.7. The molecule has 0 unspecified atom stereocenters. The molecule has 0 spiro atoms. The lowest BCUT2D eigenvalue weighted by atomic mass is 10.2. The number of benzene rings is 1. The summed E-state index contributed by atoms with van der Waals surface area (Å²) in [6, 6.07) is 4.80. The minimum atomic E-state index is -1.03. The molecule has 0 bridgehead atoms. The Hall–Kier alpha value is -2.44. The average molecular weight is 260 g/mol. The van der Waals surface area contributed by atoms with Crippen LogP contribution in [0.3, 0.4) is 0 Å².